The molecule has 0 saturated carbocycles. The van der Waals surface area contributed by atoms with Gasteiger partial charge in [0.15, 0.2) is 0 Å². The monoisotopic (exact) mass is 453 g/mol. The van der Waals surface area contributed by atoms with Crippen molar-refractivity contribution in [1.29, 1.82) is 0 Å². The van der Waals surface area contributed by atoms with Crippen LogP contribution < -0.4 is 10.3 Å². The Morgan fingerprint density at radius 2 is 1.82 bits per heavy atom. The molecule has 33 heavy (non-hydrogen) atoms. The van der Waals surface area contributed by atoms with Crippen LogP contribution in [0.1, 0.15) is 36.5 Å². The van der Waals surface area contributed by atoms with Gasteiger partial charge in [0, 0.05) is 12.7 Å². The van der Waals surface area contributed by atoms with E-state index in [9.17, 15) is 19.5 Å². The summed E-state index contributed by atoms with van der Waals surface area (Å²) in [6.07, 6.45) is 4.00. The number of hydrazine groups is 1. The number of nitrogens with one attached hydrogen (secondary N) is 1. The summed E-state index contributed by atoms with van der Waals surface area (Å²) in [5, 5.41) is 10.8. The molecule has 0 radical (unpaired) electrons. The number of nitrogens with zero attached hydrogens (tertiary/aromatic N) is 2. The number of likely N-dealkylation sites (N-methyl/N-ethyl adjacent to an activating group) is 1. The van der Waals surface area contributed by atoms with Crippen LogP contribution in [0.4, 0.5) is 10.5 Å². The third-order valence-electron chi connectivity index (χ3n) is 5.78. The molecule has 0 spiro atoms. The number of urea groups is 1. The molecule has 1 atom stereocenters. The van der Waals surface area contributed by atoms with Crippen LogP contribution in [0.15, 0.2) is 48.5 Å². The minimum absolute atomic E-state index is 0.225. The van der Waals surface area contributed by atoms with E-state index in [1.54, 1.807) is 20.0 Å². The molecule has 0 aromatic heterocycles. The number of aryl methyl sites for hydroxylation is 3. The molecule has 0 saturated heterocycles. The van der Waals surface area contributed by atoms with Gasteiger partial charge in [0.1, 0.15) is 12.6 Å². The lowest BCUT2D eigenvalue weighted by molar-refractivity contribution is -0.150. The number of fused-ring (bicyclic) bond motifs is 1. The molecule has 176 valence electrons. The number of amides is 2. The van der Waals surface area contributed by atoms with Crippen molar-refractivity contribution in [3.05, 3.63) is 65.2 Å². The maximum Gasteiger partial charge on any atom is 0.336 e. The number of carboxylic acids is 1. The van der Waals surface area contributed by atoms with Crippen molar-refractivity contribution in [1.82, 2.24) is 10.4 Å². The highest BCUT2D eigenvalue weighted by Gasteiger charge is 2.28. The van der Waals surface area contributed by atoms with Crippen molar-refractivity contribution >= 4 is 23.7 Å². The molecule has 0 bridgehead atoms. The topological polar surface area (TPSA) is 99.2 Å². The standard InChI is InChI=1S/C25H31N3O5/c1-3-33-24(31)22(15-12-18-8-5-4-6-9-18)27(2)26-25(32)28(17-23(29)30)21-14-13-19-10-7-11-20(19)16-21/h4-6,8-9,13-14,16,22H,3,7,10-12,15,17H2,1-2H3,(H,26,32)(H,29,30). The van der Waals surface area contributed by atoms with Crippen molar-refractivity contribution in [3.8, 4) is 0 Å². The van der Waals surface area contributed by atoms with Crippen molar-refractivity contribution < 1.29 is 24.2 Å². The molecule has 1 unspecified atom stereocenters. The van der Waals surface area contributed by atoms with Gasteiger partial charge in [-0.15, -0.1) is 0 Å². The first kappa shape index (κ1) is 24.3. The Hall–Kier alpha value is -3.39. The number of carbonyl (C=O) groups is 3. The Morgan fingerprint density at radius 3 is 2.52 bits per heavy atom. The molecule has 1 aliphatic carbocycles. The van der Waals surface area contributed by atoms with Gasteiger partial charge in [0.05, 0.1) is 6.61 Å². The van der Waals surface area contributed by atoms with Gasteiger partial charge in [-0.2, -0.15) is 0 Å². The van der Waals surface area contributed by atoms with Crippen LogP contribution in [-0.2, 0) is 33.6 Å². The third kappa shape index (κ3) is 6.55. The van der Waals surface area contributed by atoms with Crippen LogP contribution in [0.25, 0.3) is 0 Å². The van der Waals surface area contributed by atoms with Gasteiger partial charge >= 0.3 is 18.0 Å². The molecule has 1 aliphatic rings. The zero-order valence-electron chi connectivity index (χ0n) is 19.1. The smallest absolute Gasteiger partial charge is 0.336 e. The Morgan fingerprint density at radius 1 is 1.09 bits per heavy atom. The van der Waals surface area contributed by atoms with Crippen LogP contribution >= 0.6 is 0 Å². The van der Waals surface area contributed by atoms with Gasteiger partial charge < -0.3 is 9.84 Å². The van der Waals surface area contributed by atoms with E-state index >= 15 is 0 Å². The lowest BCUT2D eigenvalue weighted by atomic mass is 10.1. The number of aliphatic carboxylic acids is 1. The number of esters is 1. The number of ether oxygens (including phenoxy) is 1. The Bertz CT molecular complexity index is 979. The molecular weight excluding hydrogens is 422 g/mol. The first-order valence-corrected chi connectivity index (χ1v) is 11.2. The van der Waals surface area contributed by atoms with Gasteiger partial charge in [-0.25, -0.2) is 9.80 Å². The zero-order chi connectivity index (χ0) is 23.8. The maximum absolute atomic E-state index is 13.1. The van der Waals surface area contributed by atoms with Crippen LogP contribution in [0, 0.1) is 0 Å². The summed E-state index contributed by atoms with van der Waals surface area (Å²) in [5.74, 6) is -1.57. The molecule has 0 fully saturated rings. The minimum Gasteiger partial charge on any atom is -0.480 e. The number of carboxylic acid groups (broad SMARTS) is 1. The van der Waals surface area contributed by atoms with Crippen molar-refractivity contribution in [2.45, 2.75) is 45.1 Å². The Balaban J connectivity index is 1.74. The van der Waals surface area contributed by atoms with E-state index in [2.05, 4.69) is 5.43 Å². The lowest BCUT2D eigenvalue weighted by Gasteiger charge is -2.30. The van der Waals surface area contributed by atoms with Crippen molar-refractivity contribution in [3.63, 3.8) is 0 Å². The maximum atomic E-state index is 13.1. The van der Waals surface area contributed by atoms with E-state index in [1.807, 2.05) is 42.5 Å². The van der Waals surface area contributed by atoms with Crippen LogP contribution in [0.5, 0.6) is 0 Å². The SMILES string of the molecule is CCOC(=O)C(CCc1ccccc1)N(C)NC(=O)N(CC(=O)O)c1ccc2c(c1)CCC2. The normalized spacial score (nSPS) is 13.3. The second-order valence-corrected chi connectivity index (χ2v) is 8.11. The fourth-order valence-electron chi connectivity index (χ4n) is 4.09. The largest absolute Gasteiger partial charge is 0.480 e. The summed E-state index contributed by atoms with van der Waals surface area (Å²) < 4.78 is 5.22. The number of anilines is 1. The van der Waals surface area contributed by atoms with E-state index in [0.717, 1.165) is 30.4 Å². The first-order chi connectivity index (χ1) is 15.9. The summed E-state index contributed by atoms with van der Waals surface area (Å²) in [6, 6.07) is 14.0. The van der Waals surface area contributed by atoms with Gasteiger partial charge in [-0.05, 0) is 67.9 Å². The number of hydrogen-bond donors (Lipinski definition) is 2. The number of carbonyl (C=O) groups excluding carboxylic acids is 2. The molecule has 3 rings (SSSR count). The highest BCUT2D eigenvalue weighted by molar-refractivity contribution is 5.96. The molecule has 2 aromatic carbocycles. The second kappa shape index (κ2) is 11.5. The summed E-state index contributed by atoms with van der Waals surface area (Å²) in [7, 11) is 1.59. The summed E-state index contributed by atoms with van der Waals surface area (Å²) in [4.78, 5) is 38.4. The summed E-state index contributed by atoms with van der Waals surface area (Å²) in [5.41, 5.74) is 6.63. The van der Waals surface area contributed by atoms with E-state index < -0.39 is 30.6 Å². The van der Waals surface area contributed by atoms with Crippen LogP contribution in [0.2, 0.25) is 0 Å². The number of rotatable bonds is 10. The molecule has 8 heteroatoms. The van der Waals surface area contributed by atoms with E-state index in [1.165, 1.54) is 15.5 Å². The Kier molecular flexibility index (Phi) is 8.43. The molecule has 0 heterocycles. The lowest BCUT2D eigenvalue weighted by Crippen LogP contribution is -2.54. The second-order valence-electron chi connectivity index (χ2n) is 8.11. The van der Waals surface area contributed by atoms with Crippen LogP contribution in [-0.4, -0.2) is 54.3 Å². The Labute approximate surface area is 194 Å². The average Bonchev–Trinajstić information content (AvgIpc) is 3.26. The first-order valence-electron chi connectivity index (χ1n) is 11.2. The van der Waals surface area contributed by atoms with Gasteiger partial charge in [-0.3, -0.25) is 19.9 Å². The predicted molar refractivity (Wildman–Crippen MR) is 125 cm³/mol. The number of benzene rings is 2. The highest BCUT2D eigenvalue weighted by Crippen LogP contribution is 2.27. The quantitative estimate of drug-likeness (QED) is 0.423. The summed E-state index contributed by atoms with van der Waals surface area (Å²) in [6.45, 7) is 1.46. The van der Waals surface area contributed by atoms with Crippen molar-refractivity contribution in [2.24, 2.45) is 0 Å². The zero-order valence-corrected chi connectivity index (χ0v) is 19.1. The molecule has 2 N–H and O–H groups in total. The average molecular weight is 454 g/mol. The van der Waals surface area contributed by atoms with Gasteiger partial charge in [0.25, 0.3) is 0 Å². The molecule has 2 aromatic rings. The van der Waals surface area contributed by atoms with Gasteiger partial charge in [0.2, 0.25) is 0 Å². The fourth-order valence-corrected chi connectivity index (χ4v) is 4.09. The molecule has 2 amide bonds. The van der Waals surface area contributed by atoms with E-state index in [4.69, 9.17) is 4.74 Å². The predicted octanol–water partition coefficient (Wildman–Crippen LogP) is 3.19. The molecule has 8 nitrogen and oxygen atoms in total. The third-order valence-corrected chi connectivity index (χ3v) is 5.78. The molecular formula is C25H31N3O5. The number of hydrogen-bond acceptors (Lipinski definition) is 5. The summed E-state index contributed by atoms with van der Waals surface area (Å²) >= 11 is 0. The van der Waals surface area contributed by atoms with Gasteiger partial charge in [-0.1, -0.05) is 36.4 Å². The highest BCUT2D eigenvalue weighted by atomic mass is 16.5. The van der Waals surface area contributed by atoms with Crippen molar-refractivity contribution in [2.75, 3.05) is 25.1 Å². The van der Waals surface area contributed by atoms with E-state index in [0.29, 0.717) is 18.5 Å². The minimum atomic E-state index is -1.13. The van der Waals surface area contributed by atoms with E-state index in [-0.39, 0.29) is 6.61 Å². The molecule has 0 aliphatic heterocycles. The fraction of sp³-hybridized carbons (Fsp3) is 0.400. The van der Waals surface area contributed by atoms with Crippen LogP contribution in [0.3, 0.4) is 0 Å².